The smallest absolute Gasteiger partial charge is 0.224 e. The quantitative estimate of drug-likeness (QED) is 0.758. The Morgan fingerprint density at radius 2 is 2.15 bits per heavy atom. The molecule has 1 heterocycles. The summed E-state index contributed by atoms with van der Waals surface area (Å²) < 4.78 is 0. The van der Waals surface area contributed by atoms with E-state index >= 15 is 0 Å². The molecule has 1 aromatic heterocycles. The average molecular weight is 298 g/mol. The Morgan fingerprint density at radius 1 is 1.45 bits per heavy atom. The van der Waals surface area contributed by atoms with Gasteiger partial charge in [-0.15, -0.1) is 0 Å². The summed E-state index contributed by atoms with van der Waals surface area (Å²) in [6, 6.07) is 1.83. The van der Waals surface area contributed by atoms with Gasteiger partial charge in [0.05, 0.1) is 5.69 Å². The van der Waals surface area contributed by atoms with E-state index in [1.165, 1.54) is 0 Å². The van der Waals surface area contributed by atoms with Crippen LogP contribution in [0.3, 0.4) is 0 Å². The number of pyridine rings is 1. The number of hydrogen-bond acceptors (Lipinski definition) is 3. The summed E-state index contributed by atoms with van der Waals surface area (Å²) in [5, 5.41) is 3.18. The second-order valence-corrected chi connectivity index (χ2v) is 5.82. The number of carbonyl (C=O) groups is 1. The third-order valence-electron chi connectivity index (χ3n) is 3.60. The standard InChI is InChI=1S/C15H24ClN3O/c1-10(2)12(6-8-17)4-5-13(20)19-14-11(3)7-9-18-15(14)16/h7,9-10,12H,4-6,8,17H2,1-3H3,(H,19,20). The van der Waals surface area contributed by atoms with E-state index in [1.54, 1.807) is 6.20 Å². The summed E-state index contributed by atoms with van der Waals surface area (Å²) in [5.41, 5.74) is 7.14. The molecule has 112 valence electrons. The number of nitrogens with zero attached hydrogens (tertiary/aromatic N) is 1. The molecule has 20 heavy (non-hydrogen) atoms. The molecule has 0 aromatic carbocycles. The number of nitrogens with one attached hydrogen (secondary N) is 1. The minimum atomic E-state index is -0.0225. The van der Waals surface area contributed by atoms with Crippen LogP contribution in [-0.2, 0) is 4.79 Å². The molecule has 4 nitrogen and oxygen atoms in total. The molecule has 1 unspecified atom stereocenters. The topological polar surface area (TPSA) is 68.0 Å². The Labute approximate surface area is 126 Å². The van der Waals surface area contributed by atoms with Crippen LogP contribution in [0.1, 0.15) is 38.7 Å². The van der Waals surface area contributed by atoms with Crippen molar-refractivity contribution < 1.29 is 4.79 Å². The van der Waals surface area contributed by atoms with Crippen molar-refractivity contribution in [3.63, 3.8) is 0 Å². The van der Waals surface area contributed by atoms with Crippen LogP contribution in [0.4, 0.5) is 5.69 Å². The van der Waals surface area contributed by atoms with Crippen molar-refractivity contribution in [2.24, 2.45) is 17.6 Å². The first-order valence-electron chi connectivity index (χ1n) is 7.06. The monoisotopic (exact) mass is 297 g/mol. The molecule has 0 fully saturated rings. The maximum Gasteiger partial charge on any atom is 0.224 e. The van der Waals surface area contributed by atoms with Gasteiger partial charge in [0, 0.05) is 12.6 Å². The SMILES string of the molecule is Cc1ccnc(Cl)c1NC(=O)CCC(CCN)C(C)C. The molecule has 0 spiro atoms. The van der Waals surface area contributed by atoms with Crippen LogP contribution >= 0.6 is 11.6 Å². The fraction of sp³-hybridized carbons (Fsp3) is 0.600. The number of anilines is 1. The zero-order valence-corrected chi connectivity index (χ0v) is 13.2. The van der Waals surface area contributed by atoms with E-state index in [4.69, 9.17) is 17.3 Å². The Kier molecular flexibility index (Phi) is 6.96. The highest BCUT2D eigenvalue weighted by Crippen LogP contribution is 2.24. The molecule has 1 atom stereocenters. The minimum absolute atomic E-state index is 0.0225. The summed E-state index contributed by atoms with van der Waals surface area (Å²) in [6.07, 6.45) is 3.91. The summed E-state index contributed by atoms with van der Waals surface area (Å²) >= 11 is 5.99. The van der Waals surface area contributed by atoms with Crippen molar-refractivity contribution in [1.82, 2.24) is 4.98 Å². The van der Waals surface area contributed by atoms with Gasteiger partial charge in [0.15, 0.2) is 5.15 Å². The molecule has 0 aliphatic rings. The summed E-state index contributed by atoms with van der Waals surface area (Å²) in [5.74, 6) is 0.997. The van der Waals surface area contributed by atoms with Gasteiger partial charge >= 0.3 is 0 Å². The van der Waals surface area contributed by atoms with Gasteiger partial charge in [-0.05, 0) is 49.8 Å². The summed E-state index contributed by atoms with van der Waals surface area (Å²) in [6.45, 7) is 6.90. The highest BCUT2D eigenvalue weighted by molar-refractivity contribution is 6.32. The van der Waals surface area contributed by atoms with Gasteiger partial charge in [-0.3, -0.25) is 4.79 Å². The van der Waals surface area contributed by atoms with E-state index in [2.05, 4.69) is 24.1 Å². The Balaban J connectivity index is 2.55. The van der Waals surface area contributed by atoms with Gasteiger partial charge in [0.2, 0.25) is 5.91 Å². The van der Waals surface area contributed by atoms with Gasteiger partial charge in [0.1, 0.15) is 0 Å². The van der Waals surface area contributed by atoms with Crippen molar-refractivity contribution in [3.05, 3.63) is 23.0 Å². The number of carbonyl (C=O) groups excluding carboxylic acids is 1. The molecule has 1 rings (SSSR count). The maximum absolute atomic E-state index is 12.0. The number of amides is 1. The lowest BCUT2D eigenvalue weighted by molar-refractivity contribution is -0.116. The Hall–Kier alpha value is -1.13. The first-order valence-corrected chi connectivity index (χ1v) is 7.44. The molecular weight excluding hydrogens is 274 g/mol. The van der Waals surface area contributed by atoms with E-state index in [0.717, 1.165) is 18.4 Å². The number of rotatable bonds is 7. The van der Waals surface area contributed by atoms with E-state index in [9.17, 15) is 4.79 Å². The highest BCUT2D eigenvalue weighted by atomic mass is 35.5. The third-order valence-corrected chi connectivity index (χ3v) is 3.89. The number of halogens is 1. The van der Waals surface area contributed by atoms with Crippen LogP contribution < -0.4 is 11.1 Å². The van der Waals surface area contributed by atoms with Crippen molar-refractivity contribution in [2.45, 2.75) is 40.0 Å². The van der Waals surface area contributed by atoms with Crippen molar-refractivity contribution >= 4 is 23.2 Å². The van der Waals surface area contributed by atoms with Crippen LogP contribution in [0.25, 0.3) is 0 Å². The van der Waals surface area contributed by atoms with Gasteiger partial charge in [-0.25, -0.2) is 4.98 Å². The van der Waals surface area contributed by atoms with Crippen LogP contribution in [0.2, 0.25) is 5.15 Å². The zero-order valence-electron chi connectivity index (χ0n) is 12.4. The average Bonchev–Trinajstić information content (AvgIpc) is 2.38. The molecule has 0 bridgehead atoms. The van der Waals surface area contributed by atoms with Crippen molar-refractivity contribution in [2.75, 3.05) is 11.9 Å². The number of aryl methyl sites for hydroxylation is 1. The fourth-order valence-corrected chi connectivity index (χ4v) is 2.47. The fourth-order valence-electron chi connectivity index (χ4n) is 2.22. The largest absolute Gasteiger partial charge is 0.330 e. The lowest BCUT2D eigenvalue weighted by atomic mass is 9.88. The number of hydrogen-bond donors (Lipinski definition) is 2. The summed E-state index contributed by atoms with van der Waals surface area (Å²) in [7, 11) is 0. The maximum atomic E-state index is 12.0. The first kappa shape index (κ1) is 16.9. The van der Waals surface area contributed by atoms with Crippen LogP contribution in [0, 0.1) is 18.8 Å². The highest BCUT2D eigenvalue weighted by Gasteiger charge is 2.15. The predicted molar refractivity (Wildman–Crippen MR) is 83.8 cm³/mol. The second kappa shape index (κ2) is 8.22. The number of aromatic nitrogens is 1. The van der Waals surface area contributed by atoms with Crippen LogP contribution in [0.5, 0.6) is 0 Å². The molecule has 1 aromatic rings. The lowest BCUT2D eigenvalue weighted by Gasteiger charge is -2.19. The second-order valence-electron chi connectivity index (χ2n) is 5.46. The molecule has 0 saturated carbocycles. The third kappa shape index (κ3) is 5.10. The van der Waals surface area contributed by atoms with Gasteiger partial charge in [-0.2, -0.15) is 0 Å². The molecule has 0 aliphatic heterocycles. The van der Waals surface area contributed by atoms with Crippen LogP contribution in [0.15, 0.2) is 12.3 Å². The normalized spacial score (nSPS) is 12.5. The zero-order chi connectivity index (χ0) is 15.1. The van der Waals surface area contributed by atoms with Gasteiger partial charge in [-0.1, -0.05) is 25.4 Å². The first-order chi connectivity index (χ1) is 9.45. The molecule has 0 radical (unpaired) electrons. The number of nitrogens with two attached hydrogens (primary N) is 1. The van der Waals surface area contributed by atoms with Crippen LogP contribution in [-0.4, -0.2) is 17.4 Å². The predicted octanol–water partition coefficient (Wildman–Crippen LogP) is 3.38. The molecular formula is C15H24ClN3O. The van der Waals surface area contributed by atoms with E-state index in [1.807, 2.05) is 13.0 Å². The van der Waals surface area contributed by atoms with Gasteiger partial charge in [0.25, 0.3) is 0 Å². The molecule has 0 aliphatic carbocycles. The molecule has 5 heteroatoms. The van der Waals surface area contributed by atoms with E-state index in [-0.39, 0.29) is 5.91 Å². The van der Waals surface area contributed by atoms with E-state index < -0.39 is 0 Å². The Morgan fingerprint density at radius 3 is 2.70 bits per heavy atom. The Bertz CT molecular complexity index is 428. The van der Waals surface area contributed by atoms with Crippen molar-refractivity contribution in [3.8, 4) is 0 Å². The lowest BCUT2D eigenvalue weighted by Crippen LogP contribution is -2.19. The molecule has 3 N–H and O–H groups in total. The molecule has 1 amide bonds. The van der Waals surface area contributed by atoms with Gasteiger partial charge < -0.3 is 11.1 Å². The summed E-state index contributed by atoms with van der Waals surface area (Å²) in [4.78, 5) is 16.0. The van der Waals surface area contributed by atoms with E-state index in [0.29, 0.717) is 35.6 Å². The minimum Gasteiger partial charge on any atom is -0.330 e. The van der Waals surface area contributed by atoms with Crippen molar-refractivity contribution in [1.29, 1.82) is 0 Å². The molecule has 0 saturated heterocycles.